The van der Waals surface area contributed by atoms with Gasteiger partial charge in [-0.1, -0.05) is 312 Å². The summed E-state index contributed by atoms with van der Waals surface area (Å²) in [4.78, 5) is 72.7. The molecule has 0 fully saturated rings. The zero-order chi connectivity index (χ0) is 68.2. The van der Waals surface area contributed by atoms with E-state index in [4.69, 9.17) is 37.0 Å². The van der Waals surface area contributed by atoms with Gasteiger partial charge in [-0.05, 0) is 49.4 Å². The fourth-order valence-electron chi connectivity index (χ4n) is 11.0. The first-order valence-corrected chi connectivity index (χ1v) is 40.7. The van der Waals surface area contributed by atoms with Crippen LogP contribution in [0.3, 0.4) is 0 Å². The summed E-state index contributed by atoms with van der Waals surface area (Å²) in [7, 11) is -9.91. The molecule has 0 aromatic heterocycles. The van der Waals surface area contributed by atoms with Crippen LogP contribution in [-0.4, -0.2) is 96.7 Å². The number of hydrogen-bond donors (Lipinski definition) is 3. The van der Waals surface area contributed by atoms with Crippen LogP contribution in [0.4, 0.5) is 0 Å². The number of rotatable bonds is 70. The van der Waals surface area contributed by atoms with Crippen LogP contribution in [0.25, 0.3) is 0 Å². The molecule has 0 saturated heterocycles. The van der Waals surface area contributed by atoms with E-state index in [0.717, 1.165) is 114 Å². The number of phosphoric ester groups is 2. The van der Waals surface area contributed by atoms with Gasteiger partial charge in [0.25, 0.3) is 0 Å². The molecule has 0 bridgehead atoms. The van der Waals surface area contributed by atoms with E-state index in [1.54, 1.807) is 0 Å². The maximum atomic E-state index is 13.1. The summed E-state index contributed by atoms with van der Waals surface area (Å²) in [6, 6.07) is 0. The molecular formula is C73H142O17P2. The Morgan fingerprint density at radius 3 is 0.674 bits per heavy atom. The Morgan fingerprint density at radius 1 is 0.272 bits per heavy atom. The lowest BCUT2D eigenvalue weighted by Crippen LogP contribution is -2.30. The molecule has 3 N–H and O–H groups in total. The van der Waals surface area contributed by atoms with E-state index in [1.807, 2.05) is 0 Å². The molecule has 0 radical (unpaired) electrons. The van der Waals surface area contributed by atoms with Crippen molar-refractivity contribution < 1.29 is 80.2 Å². The Labute approximate surface area is 562 Å². The summed E-state index contributed by atoms with van der Waals surface area (Å²) >= 11 is 0. The van der Waals surface area contributed by atoms with Gasteiger partial charge in [0.2, 0.25) is 0 Å². The minimum absolute atomic E-state index is 0.103. The van der Waals surface area contributed by atoms with Crippen LogP contribution in [0.5, 0.6) is 0 Å². The van der Waals surface area contributed by atoms with Gasteiger partial charge in [0.1, 0.15) is 19.3 Å². The highest BCUT2D eigenvalue weighted by Crippen LogP contribution is 2.45. The first-order valence-electron chi connectivity index (χ1n) is 37.7. The monoisotopic (exact) mass is 1350 g/mol. The molecule has 0 saturated carbocycles. The topological polar surface area (TPSA) is 237 Å². The average Bonchev–Trinajstić information content (AvgIpc) is 2.73. The number of ether oxygens (including phenoxy) is 4. The van der Waals surface area contributed by atoms with Crippen molar-refractivity contribution in [2.45, 2.75) is 382 Å². The molecule has 17 nitrogen and oxygen atoms in total. The highest BCUT2D eigenvalue weighted by atomic mass is 31.2. The van der Waals surface area contributed by atoms with Crippen molar-refractivity contribution in [3.63, 3.8) is 0 Å². The lowest BCUT2D eigenvalue weighted by Gasteiger charge is -2.21. The molecule has 0 aromatic rings. The highest BCUT2D eigenvalue weighted by Gasteiger charge is 2.30. The summed E-state index contributed by atoms with van der Waals surface area (Å²) in [5.41, 5.74) is 0. The SMILES string of the molecule is CC(C)CCCCCCCCCCCCCCCC(=O)O[C@H](COC(=O)CCCCCCCCCCCCCCC(C)C)COP(=O)(O)OCC(O)COP(=O)(O)OC[C@@H](COC(=O)CCCCCCCCCC(C)C)OC(=O)CCCCCCCCCCC(C)C. The molecule has 5 atom stereocenters. The van der Waals surface area contributed by atoms with E-state index >= 15 is 0 Å². The maximum absolute atomic E-state index is 13.1. The lowest BCUT2D eigenvalue weighted by molar-refractivity contribution is -0.161. The number of hydrogen-bond acceptors (Lipinski definition) is 15. The molecule has 546 valence electrons. The van der Waals surface area contributed by atoms with Gasteiger partial charge in [-0.15, -0.1) is 0 Å². The summed E-state index contributed by atoms with van der Waals surface area (Å²) in [6.45, 7) is 14.1. The highest BCUT2D eigenvalue weighted by molar-refractivity contribution is 7.47. The van der Waals surface area contributed by atoms with Gasteiger partial charge in [-0.2, -0.15) is 0 Å². The molecule has 3 unspecified atom stereocenters. The van der Waals surface area contributed by atoms with Crippen molar-refractivity contribution >= 4 is 39.5 Å². The minimum Gasteiger partial charge on any atom is -0.462 e. The third-order valence-electron chi connectivity index (χ3n) is 16.8. The molecule has 0 aliphatic rings. The summed E-state index contributed by atoms with van der Waals surface area (Å²) in [5, 5.41) is 10.6. The van der Waals surface area contributed by atoms with E-state index in [-0.39, 0.29) is 25.7 Å². The Balaban J connectivity index is 5.25. The maximum Gasteiger partial charge on any atom is 0.472 e. The fourth-order valence-corrected chi connectivity index (χ4v) is 12.6. The van der Waals surface area contributed by atoms with Crippen molar-refractivity contribution in [1.82, 2.24) is 0 Å². The van der Waals surface area contributed by atoms with Crippen molar-refractivity contribution in [2.75, 3.05) is 39.6 Å². The number of aliphatic hydroxyl groups excluding tert-OH is 1. The molecule has 0 amide bonds. The molecule has 0 aliphatic carbocycles. The zero-order valence-electron chi connectivity index (χ0n) is 60.2. The standard InChI is InChI=1S/C73H142O17P2/c1-63(2)49-41-33-25-18-14-10-9-11-17-21-30-39-47-55-72(77)89-68(59-83-70(75)53-45-37-29-20-16-13-12-15-19-26-34-42-50-64(3)4)61-87-91(79,80)85-57-67(74)58-86-92(81,82)88-62-69(60-84-71(76)54-46-38-32-24-28-36-44-52-66(7)8)90-73(78)56-48-40-31-23-22-27-35-43-51-65(5)6/h63-69,74H,9-62H2,1-8H3,(H,79,80)(H,81,82)/t67?,68-,69-/m1/s1. The predicted octanol–water partition coefficient (Wildman–Crippen LogP) is 20.9. The van der Waals surface area contributed by atoms with E-state index in [0.29, 0.717) is 31.6 Å². The molecule has 0 rings (SSSR count). The van der Waals surface area contributed by atoms with Crippen LogP contribution in [0.2, 0.25) is 0 Å². The van der Waals surface area contributed by atoms with Gasteiger partial charge in [0.05, 0.1) is 26.4 Å². The van der Waals surface area contributed by atoms with Gasteiger partial charge in [-0.25, -0.2) is 9.13 Å². The van der Waals surface area contributed by atoms with Crippen LogP contribution >= 0.6 is 15.6 Å². The number of esters is 4. The Bertz CT molecular complexity index is 1820. The van der Waals surface area contributed by atoms with Crippen LogP contribution in [-0.2, 0) is 65.4 Å². The van der Waals surface area contributed by atoms with Gasteiger partial charge >= 0.3 is 39.5 Å². The summed E-state index contributed by atoms with van der Waals surface area (Å²) < 4.78 is 68.4. The van der Waals surface area contributed by atoms with Gasteiger partial charge in [-0.3, -0.25) is 37.3 Å². The predicted molar refractivity (Wildman–Crippen MR) is 372 cm³/mol. The van der Waals surface area contributed by atoms with Crippen LogP contribution in [0.1, 0.15) is 364 Å². The second-order valence-electron chi connectivity index (χ2n) is 28.2. The number of aliphatic hydroxyl groups is 1. The second kappa shape index (κ2) is 62.6. The number of unbranched alkanes of at least 4 members (excludes halogenated alkanes) is 36. The Morgan fingerprint density at radius 2 is 0.457 bits per heavy atom. The first-order chi connectivity index (χ1) is 44.1. The lowest BCUT2D eigenvalue weighted by atomic mass is 10.0. The molecule has 19 heteroatoms. The second-order valence-corrected chi connectivity index (χ2v) is 31.1. The van der Waals surface area contributed by atoms with Crippen molar-refractivity contribution in [3.8, 4) is 0 Å². The van der Waals surface area contributed by atoms with Crippen LogP contribution < -0.4 is 0 Å². The van der Waals surface area contributed by atoms with Crippen LogP contribution in [0.15, 0.2) is 0 Å². The summed E-state index contributed by atoms with van der Waals surface area (Å²) in [5.74, 6) is 0.865. The third kappa shape index (κ3) is 66.7. The van der Waals surface area contributed by atoms with Gasteiger partial charge < -0.3 is 33.8 Å². The number of carbonyl (C=O) groups is 4. The average molecular weight is 1350 g/mol. The van der Waals surface area contributed by atoms with E-state index < -0.39 is 97.5 Å². The van der Waals surface area contributed by atoms with Crippen molar-refractivity contribution in [1.29, 1.82) is 0 Å². The quantitative estimate of drug-likeness (QED) is 0.0222. The van der Waals surface area contributed by atoms with E-state index in [9.17, 15) is 43.2 Å². The third-order valence-corrected chi connectivity index (χ3v) is 18.7. The van der Waals surface area contributed by atoms with Gasteiger partial charge in [0, 0.05) is 25.7 Å². The molecule has 0 aromatic carbocycles. The molecule has 0 spiro atoms. The van der Waals surface area contributed by atoms with E-state index in [1.165, 1.54) is 161 Å². The van der Waals surface area contributed by atoms with Crippen molar-refractivity contribution in [3.05, 3.63) is 0 Å². The first kappa shape index (κ1) is 90.1. The van der Waals surface area contributed by atoms with Crippen molar-refractivity contribution in [2.24, 2.45) is 23.7 Å². The molecule has 0 aliphatic heterocycles. The zero-order valence-corrected chi connectivity index (χ0v) is 62.0. The molecular weight excluding hydrogens is 1210 g/mol. The van der Waals surface area contributed by atoms with E-state index in [2.05, 4.69) is 55.4 Å². The summed E-state index contributed by atoms with van der Waals surface area (Å²) in [6.07, 6.45) is 45.9. The Kier molecular flexibility index (Phi) is 61.3. The number of phosphoric acid groups is 2. The normalized spacial score (nSPS) is 14.2. The van der Waals surface area contributed by atoms with Gasteiger partial charge in [0.15, 0.2) is 12.2 Å². The fraction of sp³-hybridized carbons (Fsp3) is 0.945. The smallest absolute Gasteiger partial charge is 0.462 e. The molecule has 92 heavy (non-hydrogen) atoms. The largest absolute Gasteiger partial charge is 0.472 e. The Hall–Kier alpha value is -1.94. The minimum atomic E-state index is -4.96. The number of carbonyl (C=O) groups excluding carboxylic acids is 4. The molecule has 0 heterocycles. The van der Waals surface area contributed by atoms with Crippen LogP contribution in [0, 0.1) is 23.7 Å².